The highest BCUT2D eigenvalue weighted by Gasteiger charge is 2.13. The van der Waals surface area contributed by atoms with Crippen LogP contribution >= 0.6 is 0 Å². The zero-order chi connectivity index (χ0) is 7.78. The molecule has 0 aliphatic rings. The quantitative estimate of drug-likeness (QED) is 0.568. The van der Waals surface area contributed by atoms with Gasteiger partial charge in [0.15, 0.2) is 0 Å². The molecule has 0 aromatic carbocycles. The molecule has 1 aromatic rings. The molecule has 56 valence electrons. The van der Waals surface area contributed by atoms with E-state index in [0.29, 0.717) is 5.69 Å². The van der Waals surface area contributed by atoms with Crippen LogP contribution in [0.2, 0.25) is 0 Å². The molecule has 0 spiro atoms. The smallest absolute Gasteiger partial charge is 0.282 e. The molecule has 5 nitrogen and oxygen atoms in total. The summed E-state index contributed by atoms with van der Waals surface area (Å²) in [6.45, 7) is 1.51. The molecular weight excluding hydrogens is 156 g/mol. The summed E-state index contributed by atoms with van der Waals surface area (Å²) in [7, 11) is -4.08. The van der Waals surface area contributed by atoms with Crippen molar-refractivity contribution in [3.8, 4) is 0 Å². The number of hydrogen-bond donors (Lipinski definition) is 2. The highest BCUT2D eigenvalue weighted by atomic mass is 32.2. The van der Waals surface area contributed by atoms with E-state index in [0.717, 1.165) is 6.20 Å². The Morgan fingerprint density at radius 1 is 1.70 bits per heavy atom. The van der Waals surface area contributed by atoms with Gasteiger partial charge in [0.1, 0.15) is 4.90 Å². The molecule has 2 N–H and O–H groups in total. The lowest BCUT2D eigenvalue weighted by Crippen LogP contribution is -1.97. The van der Waals surface area contributed by atoms with E-state index in [1.807, 2.05) is 0 Å². The van der Waals surface area contributed by atoms with Gasteiger partial charge in [0.25, 0.3) is 10.1 Å². The lowest BCUT2D eigenvalue weighted by atomic mass is 10.5. The Bertz CT molecular complexity index is 326. The number of rotatable bonds is 1. The van der Waals surface area contributed by atoms with Crippen molar-refractivity contribution in [1.29, 1.82) is 0 Å². The van der Waals surface area contributed by atoms with Crippen LogP contribution in [0, 0.1) is 6.92 Å². The van der Waals surface area contributed by atoms with Gasteiger partial charge in [-0.25, -0.2) is 0 Å². The maximum Gasteiger partial charge on any atom is 0.297 e. The first kappa shape index (κ1) is 7.23. The third-order valence-corrected chi connectivity index (χ3v) is 2.03. The van der Waals surface area contributed by atoms with Crippen LogP contribution in [0.3, 0.4) is 0 Å². The Morgan fingerprint density at radius 2 is 2.30 bits per heavy atom. The van der Waals surface area contributed by atoms with Crippen LogP contribution < -0.4 is 0 Å². The molecule has 0 amide bonds. The maximum absolute atomic E-state index is 10.4. The second kappa shape index (κ2) is 2.06. The van der Waals surface area contributed by atoms with Gasteiger partial charge in [-0.15, -0.1) is 0 Å². The predicted molar refractivity (Wildman–Crippen MR) is 33.1 cm³/mol. The third kappa shape index (κ3) is 1.17. The molecule has 1 heterocycles. The molecule has 10 heavy (non-hydrogen) atoms. The van der Waals surface area contributed by atoms with Gasteiger partial charge in [-0.2, -0.15) is 13.5 Å². The van der Waals surface area contributed by atoms with Crippen molar-refractivity contribution in [2.75, 3.05) is 0 Å². The monoisotopic (exact) mass is 162 g/mol. The number of nitrogens with one attached hydrogen (secondary N) is 1. The van der Waals surface area contributed by atoms with E-state index in [9.17, 15) is 8.42 Å². The van der Waals surface area contributed by atoms with Crippen LogP contribution in [0.25, 0.3) is 0 Å². The average Bonchev–Trinajstić information content (AvgIpc) is 2.11. The summed E-state index contributed by atoms with van der Waals surface area (Å²) in [4.78, 5) is -0.174. The maximum atomic E-state index is 10.4. The summed E-state index contributed by atoms with van der Waals surface area (Å²) >= 11 is 0. The minimum Gasteiger partial charge on any atom is -0.282 e. The standard InChI is InChI=1S/C4H6N2O3S/c1-3-4(2-5-6-3)10(7,8)9/h2H,1H3,(H,5,6)(H,7,8,9). The van der Waals surface area contributed by atoms with Crippen LogP contribution in [0.15, 0.2) is 11.1 Å². The van der Waals surface area contributed by atoms with Crippen molar-refractivity contribution < 1.29 is 13.0 Å². The van der Waals surface area contributed by atoms with Crippen LogP contribution in [0.5, 0.6) is 0 Å². The van der Waals surface area contributed by atoms with Crippen LogP contribution in [-0.4, -0.2) is 23.2 Å². The Kier molecular flexibility index (Phi) is 1.49. The molecular formula is C4H6N2O3S. The summed E-state index contributed by atoms with van der Waals surface area (Å²) in [5.74, 6) is 0. The molecule has 0 radical (unpaired) electrons. The molecule has 0 atom stereocenters. The van der Waals surface area contributed by atoms with Crippen molar-refractivity contribution in [1.82, 2.24) is 10.2 Å². The Labute approximate surface area is 57.8 Å². The lowest BCUT2D eigenvalue weighted by molar-refractivity contribution is 0.482. The van der Waals surface area contributed by atoms with Crippen LogP contribution in [0.4, 0.5) is 0 Å². The summed E-state index contributed by atoms with van der Waals surface area (Å²) in [5, 5.41) is 5.81. The zero-order valence-electron chi connectivity index (χ0n) is 5.20. The predicted octanol–water partition coefficient (Wildman–Crippen LogP) is -0.0352. The van der Waals surface area contributed by atoms with E-state index in [1.54, 1.807) is 0 Å². The molecule has 0 saturated carbocycles. The SMILES string of the molecule is Cc1[nH]ncc1S(=O)(=O)O. The topological polar surface area (TPSA) is 83.0 Å². The van der Waals surface area contributed by atoms with E-state index in [2.05, 4.69) is 10.2 Å². The van der Waals surface area contributed by atoms with E-state index in [-0.39, 0.29) is 4.90 Å². The highest BCUT2D eigenvalue weighted by Crippen LogP contribution is 2.09. The van der Waals surface area contributed by atoms with Gasteiger partial charge >= 0.3 is 0 Å². The van der Waals surface area contributed by atoms with Crippen LogP contribution in [-0.2, 0) is 10.1 Å². The Hall–Kier alpha value is -0.880. The largest absolute Gasteiger partial charge is 0.297 e. The Balaban J connectivity index is 3.32. The van der Waals surface area contributed by atoms with Gasteiger partial charge in [0.2, 0.25) is 0 Å². The van der Waals surface area contributed by atoms with Gasteiger partial charge < -0.3 is 0 Å². The Morgan fingerprint density at radius 3 is 2.50 bits per heavy atom. The van der Waals surface area contributed by atoms with Gasteiger partial charge in [0, 0.05) is 0 Å². The molecule has 1 rings (SSSR count). The van der Waals surface area contributed by atoms with Gasteiger partial charge in [-0.1, -0.05) is 0 Å². The van der Waals surface area contributed by atoms with Crippen molar-refractivity contribution >= 4 is 10.1 Å². The molecule has 0 bridgehead atoms. The second-order valence-corrected chi connectivity index (χ2v) is 3.22. The number of H-pyrrole nitrogens is 1. The normalized spacial score (nSPS) is 11.8. The molecule has 0 unspecified atom stereocenters. The van der Waals surface area contributed by atoms with Gasteiger partial charge in [0.05, 0.1) is 11.9 Å². The van der Waals surface area contributed by atoms with Crippen molar-refractivity contribution in [2.45, 2.75) is 11.8 Å². The first-order valence-corrected chi connectivity index (χ1v) is 3.93. The summed E-state index contributed by atoms with van der Waals surface area (Å²) < 4.78 is 29.3. The second-order valence-electron chi connectivity index (χ2n) is 1.83. The highest BCUT2D eigenvalue weighted by molar-refractivity contribution is 7.85. The molecule has 0 aliphatic carbocycles. The van der Waals surface area contributed by atoms with Crippen molar-refractivity contribution in [2.24, 2.45) is 0 Å². The molecule has 0 saturated heterocycles. The minimum absolute atomic E-state index is 0.174. The first-order chi connectivity index (χ1) is 4.52. The fourth-order valence-corrected chi connectivity index (χ4v) is 1.22. The zero-order valence-corrected chi connectivity index (χ0v) is 6.01. The number of nitrogens with zero attached hydrogens (tertiary/aromatic N) is 1. The number of hydrogen-bond acceptors (Lipinski definition) is 3. The van der Waals surface area contributed by atoms with Crippen molar-refractivity contribution in [3.63, 3.8) is 0 Å². The summed E-state index contributed by atoms with van der Waals surface area (Å²) in [6, 6.07) is 0. The van der Waals surface area contributed by atoms with E-state index >= 15 is 0 Å². The van der Waals surface area contributed by atoms with Crippen LogP contribution in [0.1, 0.15) is 5.69 Å². The first-order valence-electron chi connectivity index (χ1n) is 2.49. The fraction of sp³-hybridized carbons (Fsp3) is 0.250. The number of aryl methyl sites for hydroxylation is 1. The average molecular weight is 162 g/mol. The lowest BCUT2D eigenvalue weighted by Gasteiger charge is -1.89. The van der Waals surface area contributed by atoms with E-state index < -0.39 is 10.1 Å². The van der Waals surface area contributed by atoms with Gasteiger partial charge in [-0.3, -0.25) is 9.65 Å². The third-order valence-electron chi connectivity index (χ3n) is 1.06. The van der Waals surface area contributed by atoms with Gasteiger partial charge in [-0.05, 0) is 6.92 Å². The molecule has 6 heteroatoms. The minimum atomic E-state index is -4.08. The summed E-state index contributed by atoms with van der Waals surface area (Å²) in [5.41, 5.74) is 0.336. The number of aromatic nitrogens is 2. The van der Waals surface area contributed by atoms with E-state index in [4.69, 9.17) is 4.55 Å². The summed E-state index contributed by atoms with van der Waals surface area (Å²) in [6.07, 6.45) is 1.06. The van der Waals surface area contributed by atoms with Crippen molar-refractivity contribution in [3.05, 3.63) is 11.9 Å². The van der Waals surface area contributed by atoms with E-state index in [1.165, 1.54) is 6.92 Å². The fourth-order valence-electron chi connectivity index (χ4n) is 0.600. The molecule has 0 aliphatic heterocycles. The number of aromatic amines is 1. The molecule has 1 aromatic heterocycles. The molecule has 0 fully saturated rings.